The summed E-state index contributed by atoms with van der Waals surface area (Å²) < 4.78 is 1.73. The summed E-state index contributed by atoms with van der Waals surface area (Å²) in [4.78, 5) is 24.4. The number of hydrogen-bond donors (Lipinski definition) is 1. The quantitative estimate of drug-likeness (QED) is 0.558. The van der Waals surface area contributed by atoms with Gasteiger partial charge in [0.15, 0.2) is 11.5 Å². The number of pyridine rings is 2. The third-order valence-corrected chi connectivity index (χ3v) is 4.35. The maximum absolute atomic E-state index is 11.9. The zero-order valence-corrected chi connectivity index (χ0v) is 15.3. The van der Waals surface area contributed by atoms with Crippen LogP contribution in [0.1, 0.15) is 33.1 Å². The molecule has 0 saturated carbocycles. The minimum atomic E-state index is -0.618. The van der Waals surface area contributed by atoms with Crippen LogP contribution in [0.3, 0.4) is 0 Å². The highest BCUT2D eigenvalue weighted by molar-refractivity contribution is 6.30. The SMILES string of the molecule is Cc1ccc(-c2c(C(N)=O)nc(C#Cc3ccnc(Cl)c3C)n2C)cn1. The molecule has 0 unspecified atom stereocenters. The summed E-state index contributed by atoms with van der Waals surface area (Å²) in [6.45, 7) is 3.73. The summed E-state index contributed by atoms with van der Waals surface area (Å²) in [5.41, 5.74) is 9.40. The molecule has 0 atom stereocenters. The molecule has 3 rings (SSSR count). The van der Waals surface area contributed by atoms with E-state index in [0.717, 1.165) is 22.4 Å². The van der Waals surface area contributed by atoms with Gasteiger partial charge in [0, 0.05) is 41.8 Å². The van der Waals surface area contributed by atoms with Gasteiger partial charge in [0.25, 0.3) is 5.91 Å². The first-order chi connectivity index (χ1) is 12.4. The first-order valence-corrected chi connectivity index (χ1v) is 8.19. The fourth-order valence-electron chi connectivity index (χ4n) is 2.49. The van der Waals surface area contributed by atoms with Crippen LogP contribution in [0.15, 0.2) is 30.6 Å². The molecule has 2 N–H and O–H groups in total. The van der Waals surface area contributed by atoms with Gasteiger partial charge in [-0.15, -0.1) is 0 Å². The summed E-state index contributed by atoms with van der Waals surface area (Å²) in [7, 11) is 1.78. The third-order valence-electron chi connectivity index (χ3n) is 3.96. The lowest BCUT2D eigenvalue weighted by atomic mass is 10.1. The minimum absolute atomic E-state index is 0.159. The third kappa shape index (κ3) is 3.30. The summed E-state index contributed by atoms with van der Waals surface area (Å²) in [5, 5.41) is 0.404. The van der Waals surface area contributed by atoms with Crippen molar-refractivity contribution in [3.8, 4) is 23.1 Å². The maximum Gasteiger partial charge on any atom is 0.269 e. The number of aryl methyl sites for hydroxylation is 1. The molecule has 6 nitrogen and oxygen atoms in total. The van der Waals surface area contributed by atoms with Crippen LogP contribution in [0.25, 0.3) is 11.3 Å². The maximum atomic E-state index is 11.9. The van der Waals surface area contributed by atoms with Gasteiger partial charge in [0.1, 0.15) is 5.15 Å². The number of imidazole rings is 1. The van der Waals surface area contributed by atoms with E-state index in [9.17, 15) is 4.79 Å². The number of nitrogens with two attached hydrogens (primary N) is 1. The molecule has 0 radical (unpaired) electrons. The van der Waals surface area contributed by atoms with E-state index in [4.69, 9.17) is 17.3 Å². The van der Waals surface area contributed by atoms with Gasteiger partial charge < -0.3 is 10.3 Å². The number of halogens is 1. The second kappa shape index (κ2) is 6.98. The van der Waals surface area contributed by atoms with Gasteiger partial charge in [-0.1, -0.05) is 17.5 Å². The van der Waals surface area contributed by atoms with Crippen molar-refractivity contribution >= 4 is 17.5 Å². The van der Waals surface area contributed by atoms with Crippen LogP contribution in [0.5, 0.6) is 0 Å². The summed E-state index contributed by atoms with van der Waals surface area (Å²) >= 11 is 6.02. The Kier molecular flexibility index (Phi) is 4.74. The predicted octanol–water partition coefficient (Wildman–Crippen LogP) is 2.65. The predicted molar refractivity (Wildman–Crippen MR) is 99.7 cm³/mol. The summed E-state index contributed by atoms with van der Waals surface area (Å²) in [5.74, 6) is 5.81. The minimum Gasteiger partial charge on any atom is -0.364 e. The van der Waals surface area contributed by atoms with Crippen molar-refractivity contribution in [2.75, 3.05) is 0 Å². The number of hydrogen-bond acceptors (Lipinski definition) is 4. The number of rotatable bonds is 2. The van der Waals surface area contributed by atoms with Gasteiger partial charge in [-0.3, -0.25) is 9.78 Å². The molecular formula is C19H16ClN5O. The van der Waals surface area contributed by atoms with Crippen LogP contribution < -0.4 is 5.73 Å². The van der Waals surface area contributed by atoms with E-state index in [0.29, 0.717) is 16.7 Å². The molecule has 3 heterocycles. The first-order valence-electron chi connectivity index (χ1n) is 7.81. The number of primary amides is 1. The van der Waals surface area contributed by atoms with E-state index in [1.54, 1.807) is 30.1 Å². The second-order valence-corrected chi connectivity index (χ2v) is 6.13. The lowest BCUT2D eigenvalue weighted by Crippen LogP contribution is -2.13. The van der Waals surface area contributed by atoms with E-state index >= 15 is 0 Å². The molecule has 26 heavy (non-hydrogen) atoms. The van der Waals surface area contributed by atoms with Crippen LogP contribution >= 0.6 is 11.6 Å². The van der Waals surface area contributed by atoms with Crippen molar-refractivity contribution in [3.63, 3.8) is 0 Å². The van der Waals surface area contributed by atoms with Crippen molar-refractivity contribution in [2.24, 2.45) is 12.8 Å². The zero-order chi connectivity index (χ0) is 18.8. The Morgan fingerprint density at radius 3 is 2.62 bits per heavy atom. The van der Waals surface area contributed by atoms with Gasteiger partial charge in [-0.25, -0.2) is 9.97 Å². The zero-order valence-electron chi connectivity index (χ0n) is 14.5. The number of aromatic nitrogens is 4. The Labute approximate surface area is 156 Å². The highest BCUT2D eigenvalue weighted by Gasteiger charge is 2.19. The van der Waals surface area contributed by atoms with Gasteiger partial charge in [-0.05, 0) is 38.0 Å². The molecular weight excluding hydrogens is 350 g/mol. The van der Waals surface area contributed by atoms with Crippen molar-refractivity contribution in [3.05, 3.63) is 64.1 Å². The second-order valence-electron chi connectivity index (χ2n) is 5.77. The van der Waals surface area contributed by atoms with Crippen molar-refractivity contribution < 1.29 is 4.79 Å². The van der Waals surface area contributed by atoms with E-state index in [-0.39, 0.29) is 5.69 Å². The van der Waals surface area contributed by atoms with E-state index < -0.39 is 5.91 Å². The standard InChI is InChI=1S/C19H16ClN5O/c1-11-4-5-14(10-23-11)17-16(19(21)26)24-15(25(17)3)7-6-13-8-9-22-18(20)12(13)2/h4-5,8-10H,1-3H3,(H2,21,26). The summed E-state index contributed by atoms with van der Waals surface area (Å²) in [6.07, 6.45) is 3.28. The first kappa shape index (κ1) is 17.6. The Hall–Kier alpha value is -3.17. The molecule has 0 spiro atoms. The Balaban J connectivity index is 2.12. The topological polar surface area (TPSA) is 86.7 Å². The van der Waals surface area contributed by atoms with Crippen LogP contribution in [0, 0.1) is 25.7 Å². The summed E-state index contributed by atoms with van der Waals surface area (Å²) in [6, 6.07) is 5.51. The number of carbonyl (C=O) groups excluding carboxylic acids is 1. The fraction of sp³-hybridized carbons (Fsp3) is 0.158. The smallest absolute Gasteiger partial charge is 0.269 e. The number of nitrogens with zero attached hydrogens (tertiary/aromatic N) is 4. The molecule has 0 aliphatic carbocycles. The van der Waals surface area contributed by atoms with Gasteiger partial charge in [0.05, 0.1) is 5.69 Å². The van der Waals surface area contributed by atoms with Crippen LogP contribution in [-0.4, -0.2) is 25.4 Å². The van der Waals surface area contributed by atoms with Crippen LogP contribution in [0.2, 0.25) is 5.15 Å². The van der Waals surface area contributed by atoms with E-state index in [1.165, 1.54) is 0 Å². The van der Waals surface area contributed by atoms with Crippen LogP contribution in [-0.2, 0) is 7.05 Å². The molecule has 0 bridgehead atoms. The molecule has 0 aliphatic heterocycles. The molecule has 3 aromatic rings. The monoisotopic (exact) mass is 365 g/mol. The van der Waals surface area contributed by atoms with Crippen LogP contribution in [0.4, 0.5) is 0 Å². The molecule has 1 amide bonds. The van der Waals surface area contributed by atoms with E-state index in [1.807, 2.05) is 26.0 Å². The van der Waals surface area contributed by atoms with Crippen molar-refractivity contribution in [2.45, 2.75) is 13.8 Å². The Morgan fingerprint density at radius 1 is 1.19 bits per heavy atom. The highest BCUT2D eigenvalue weighted by atomic mass is 35.5. The van der Waals surface area contributed by atoms with Crippen molar-refractivity contribution in [1.82, 2.24) is 19.5 Å². The molecule has 3 aromatic heterocycles. The molecule has 0 aromatic carbocycles. The molecule has 0 fully saturated rings. The van der Waals surface area contributed by atoms with Gasteiger partial charge >= 0.3 is 0 Å². The lowest BCUT2D eigenvalue weighted by Gasteiger charge is -2.05. The number of amides is 1. The fourth-order valence-corrected chi connectivity index (χ4v) is 2.65. The molecule has 7 heteroatoms. The average molecular weight is 366 g/mol. The highest BCUT2D eigenvalue weighted by Crippen LogP contribution is 2.24. The normalized spacial score (nSPS) is 10.3. The Bertz CT molecular complexity index is 1060. The van der Waals surface area contributed by atoms with Crippen molar-refractivity contribution in [1.29, 1.82) is 0 Å². The Morgan fingerprint density at radius 2 is 1.96 bits per heavy atom. The van der Waals surface area contributed by atoms with Gasteiger partial charge in [0.2, 0.25) is 0 Å². The molecule has 0 saturated heterocycles. The number of carbonyl (C=O) groups is 1. The largest absolute Gasteiger partial charge is 0.364 e. The average Bonchev–Trinajstić information content (AvgIpc) is 2.94. The molecule has 0 aliphatic rings. The van der Waals surface area contributed by atoms with E-state index in [2.05, 4.69) is 26.8 Å². The molecule has 130 valence electrons. The lowest BCUT2D eigenvalue weighted by molar-refractivity contribution is 0.0996. The van der Waals surface area contributed by atoms with Gasteiger partial charge in [-0.2, -0.15) is 0 Å².